The molecule has 4 nitrogen and oxygen atoms in total. The molecule has 0 aliphatic heterocycles. The summed E-state index contributed by atoms with van der Waals surface area (Å²) in [5, 5.41) is 2.26. The van der Waals surface area contributed by atoms with Gasteiger partial charge in [0, 0.05) is 6.42 Å². The topological polar surface area (TPSA) is 63.2 Å². The smallest absolute Gasteiger partial charge is 0.244 e. The van der Waals surface area contributed by atoms with Gasteiger partial charge in [0.1, 0.15) is 6.04 Å². The highest BCUT2D eigenvalue weighted by molar-refractivity contribution is 6.08. The monoisotopic (exact) mass is 183 g/mol. The lowest BCUT2D eigenvalue weighted by molar-refractivity contribution is -0.132. The summed E-state index contributed by atoms with van der Waals surface area (Å²) >= 11 is 0. The second-order valence-electron chi connectivity index (χ2n) is 2.58. The van der Waals surface area contributed by atoms with Crippen LogP contribution in [0.5, 0.6) is 0 Å². The molecule has 0 rings (SSSR count). The van der Waals surface area contributed by atoms with Gasteiger partial charge in [-0.25, -0.2) is 0 Å². The zero-order valence-corrected chi connectivity index (χ0v) is 7.79. The Hall–Kier alpha value is -1.45. The molecule has 1 atom stereocenters. The molecule has 1 amide bonds. The van der Waals surface area contributed by atoms with Crippen LogP contribution in [0.3, 0.4) is 0 Å². The third-order valence-corrected chi connectivity index (χ3v) is 1.55. The third-order valence-electron chi connectivity index (χ3n) is 1.55. The first kappa shape index (κ1) is 11.6. The van der Waals surface area contributed by atoms with E-state index < -0.39 is 11.9 Å². The second-order valence-corrected chi connectivity index (χ2v) is 2.58. The summed E-state index contributed by atoms with van der Waals surface area (Å²) in [5.74, 6) is -1.16. The fourth-order valence-corrected chi connectivity index (χ4v) is 0.814. The van der Waals surface area contributed by atoms with Crippen molar-refractivity contribution in [3.8, 4) is 0 Å². The van der Waals surface area contributed by atoms with Crippen molar-refractivity contribution in [2.24, 2.45) is 0 Å². The molecule has 13 heavy (non-hydrogen) atoms. The highest BCUT2D eigenvalue weighted by atomic mass is 16.2. The van der Waals surface area contributed by atoms with Gasteiger partial charge in [0.2, 0.25) is 5.91 Å². The number of hydrogen-bond donors (Lipinski definition) is 1. The minimum absolute atomic E-state index is 0.224. The maximum Gasteiger partial charge on any atom is 0.244 e. The number of Topliss-reactive ketones (excluding diaryl/α,β-unsaturated/α-hetero) is 2. The fourth-order valence-electron chi connectivity index (χ4n) is 0.814. The van der Waals surface area contributed by atoms with Gasteiger partial charge in [-0.15, -0.1) is 0 Å². The van der Waals surface area contributed by atoms with Crippen molar-refractivity contribution in [1.82, 2.24) is 5.32 Å². The van der Waals surface area contributed by atoms with Crippen LogP contribution in [-0.2, 0) is 14.4 Å². The molecule has 0 saturated heterocycles. The predicted octanol–water partition coefficient (Wildman–Crippen LogP) is 0.225. The Morgan fingerprint density at radius 3 is 2.31 bits per heavy atom. The maximum absolute atomic E-state index is 11.1. The number of ketones is 2. The molecule has 0 radical (unpaired) electrons. The summed E-state index contributed by atoms with van der Waals surface area (Å²) in [4.78, 5) is 32.9. The molecule has 0 spiro atoms. The number of carbonyl (C=O) groups excluding carboxylic acids is 3. The lowest BCUT2D eigenvalue weighted by Crippen LogP contribution is -2.44. The molecule has 0 aliphatic rings. The molecule has 4 heteroatoms. The van der Waals surface area contributed by atoms with E-state index in [0.717, 1.165) is 6.08 Å². The Labute approximate surface area is 77.0 Å². The Morgan fingerprint density at radius 2 is 2.00 bits per heavy atom. The number of nitrogens with one attached hydrogen (secondary N) is 1. The molecule has 0 aromatic carbocycles. The lowest BCUT2D eigenvalue weighted by Gasteiger charge is -2.11. The SMILES string of the molecule is C=CC(=O)NC(C(C)=O)C(=O)CC. The molecule has 0 aliphatic carbocycles. The predicted molar refractivity (Wildman–Crippen MR) is 48.1 cm³/mol. The van der Waals surface area contributed by atoms with E-state index in [1.54, 1.807) is 6.92 Å². The van der Waals surface area contributed by atoms with Crippen molar-refractivity contribution >= 4 is 17.5 Å². The molecule has 1 N–H and O–H groups in total. The molecule has 0 aromatic rings. The average molecular weight is 183 g/mol. The Bertz CT molecular complexity index is 245. The fraction of sp³-hybridized carbons (Fsp3) is 0.444. The van der Waals surface area contributed by atoms with Gasteiger partial charge in [-0.2, -0.15) is 0 Å². The largest absolute Gasteiger partial charge is 0.336 e. The summed E-state index contributed by atoms with van der Waals surface area (Å²) in [7, 11) is 0. The van der Waals surface area contributed by atoms with Gasteiger partial charge in [0.05, 0.1) is 0 Å². The van der Waals surface area contributed by atoms with Gasteiger partial charge in [-0.1, -0.05) is 13.5 Å². The highest BCUT2D eigenvalue weighted by Gasteiger charge is 2.22. The van der Waals surface area contributed by atoms with Crippen molar-refractivity contribution in [3.05, 3.63) is 12.7 Å². The van der Waals surface area contributed by atoms with Crippen LogP contribution in [0.25, 0.3) is 0 Å². The van der Waals surface area contributed by atoms with Crippen molar-refractivity contribution < 1.29 is 14.4 Å². The first-order valence-corrected chi connectivity index (χ1v) is 3.99. The Balaban J connectivity index is 4.44. The standard InChI is InChI=1S/C9H13NO3/c1-4-7(12)9(6(3)11)10-8(13)5-2/h5,9H,2,4H2,1,3H3,(H,10,13). The molecule has 72 valence electrons. The quantitative estimate of drug-likeness (QED) is 0.490. The van der Waals surface area contributed by atoms with Crippen molar-refractivity contribution in [2.75, 3.05) is 0 Å². The lowest BCUT2D eigenvalue weighted by atomic mass is 10.1. The second kappa shape index (κ2) is 5.24. The first-order valence-electron chi connectivity index (χ1n) is 3.99. The summed E-state index contributed by atoms with van der Waals surface area (Å²) < 4.78 is 0. The van der Waals surface area contributed by atoms with E-state index in [9.17, 15) is 14.4 Å². The molecular formula is C9H13NO3. The normalized spacial score (nSPS) is 11.5. The Morgan fingerprint density at radius 1 is 1.46 bits per heavy atom. The van der Waals surface area contributed by atoms with Crippen LogP contribution in [0.15, 0.2) is 12.7 Å². The van der Waals surface area contributed by atoms with E-state index in [-0.39, 0.29) is 18.0 Å². The van der Waals surface area contributed by atoms with E-state index in [4.69, 9.17) is 0 Å². The van der Waals surface area contributed by atoms with Gasteiger partial charge in [0.15, 0.2) is 11.6 Å². The zero-order chi connectivity index (χ0) is 10.4. The van der Waals surface area contributed by atoms with Crippen LogP contribution >= 0.6 is 0 Å². The summed E-state index contributed by atoms with van der Waals surface area (Å²) in [6.45, 7) is 6.13. The molecular weight excluding hydrogens is 170 g/mol. The van der Waals surface area contributed by atoms with Gasteiger partial charge in [-0.3, -0.25) is 14.4 Å². The van der Waals surface area contributed by atoms with Crippen molar-refractivity contribution in [3.63, 3.8) is 0 Å². The van der Waals surface area contributed by atoms with E-state index in [1.807, 2.05) is 0 Å². The van der Waals surface area contributed by atoms with Crippen molar-refractivity contribution in [1.29, 1.82) is 0 Å². The minimum atomic E-state index is -1.02. The molecule has 0 bridgehead atoms. The van der Waals surface area contributed by atoms with Gasteiger partial charge < -0.3 is 5.32 Å². The Kier molecular flexibility index (Phi) is 4.66. The number of carbonyl (C=O) groups is 3. The van der Waals surface area contributed by atoms with E-state index in [0.29, 0.717) is 0 Å². The number of amides is 1. The summed E-state index contributed by atoms with van der Waals surface area (Å²) in [5.41, 5.74) is 0. The van der Waals surface area contributed by atoms with Gasteiger partial charge >= 0.3 is 0 Å². The molecule has 1 unspecified atom stereocenters. The highest BCUT2D eigenvalue weighted by Crippen LogP contribution is 1.93. The molecule has 0 fully saturated rings. The van der Waals surface area contributed by atoms with Crippen LogP contribution in [0.1, 0.15) is 20.3 Å². The molecule has 0 saturated carbocycles. The van der Waals surface area contributed by atoms with Crippen LogP contribution in [0.4, 0.5) is 0 Å². The molecule has 0 aromatic heterocycles. The minimum Gasteiger partial charge on any atom is -0.336 e. The number of rotatable bonds is 5. The van der Waals surface area contributed by atoms with Crippen LogP contribution in [-0.4, -0.2) is 23.5 Å². The van der Waals surface area contributed by atoms with Gasteiger partial charge in [0.25, 0.3) is 0 Å². The molecule has 0 heterocycles. The maximum atomic E-state index is 11.1. The van der Waals surface area contributed by atoms with E-state index in [1.165, 1.54) is 6.92 Å². The zero-order valence-electron chi connectivity index (χ0n) is 7.79. The van der Waals surface area contributed by atoms with E-state index in [2.05, 4.69) is 11.9 Å². The van der Waals surface area contributed by atoms with E-state index >= 15 is 0 Å². The first-order chi connectivity index (χ1) is 6.02. The van der Waals surface area contributed by atoms with Crippen LogP contribution in [0, 0.1) is 0 Å². The average Bonchev–Trinajstić information content (AvgIpc) is 2.11. The third kappa shape index (κ3) is 3.64. The van der Waals surface area contributed by atoms with Crippen molar-refractivity contribution in [2.45, 2.75) is 26.3 Å². The summed E-state index contributed by atoms with van der Waals surface area (Å²) in [6, 6.07) is -1.02. The van der Waals surface area contributed by atoms with Crippen LogP contribution < -0.4 is 5.32 Å². The van der Waals surface area contributed by atoms with Gasteiger partial charge in [-0.05, 0) is 13.0 Å². The number of hydrogen-bond acceptors (Lipinski definition) is 3. The summed E-state index contributed by atoms with van der Waals surface area (Å²) in [6.07, 6.45) is 1.25. The van der Waals surface area contributed by atoms with Crippen LogP contribution in [0.2, 0.25) is 0 Å².